The Morgan fingerprint density at radius 1 is 1.10 bits per heavy atom. The molecule has 1 aromatic heterocycles. The van der Waals surface area contributed by atoms with Crippen molar-refractivity contribution in [3.05, 3.63) is 99.2 Å². The summed E-state index contributed by atoms with van der Waals surface area (Å²) in [6.45, 7) is -0.168. The van der Waals surface area contributed by atoms with Gasteiger partial charge in [-0.3, -0.25) is 9.59 Å². The van der Waals surface area contributed by atoms with E-state index in [1.807, 2.05) is 30.3 Å². The number of ether oxygens (including phenoxy) is 3. The molecular formula is C29H33FN2O7. The van der Waals surface area contributed by atoms with Crippen molar-refractivity contribution in [2.75, 3.05) is 26.4 Å². The molecular weight excluding hydrogens is 507 g/mol. The van der Waals surface area contributed by atoms with Gasteiger partial charge in [0.15, 0.2) is 12.0 Å². The fourth-order valence-corrected chi connectivity index (χ4v) is 4.48. The van der Waals surface area contributed by atoms with E-state index in [2.05, 4.69) is 5.32 Å². The largest absolute Gasteiger partial charge is 0.483 e. The van der Waals surface area contributed by atoms with E-state index < -0.39 is 29.5 Å². The number of hydrogen-bond donors (Lipinski definition) is 3. The summed E-state index contributed by atoms with van der Waals surface area (Å²) in [4.78, 5) is 26.6. The fraction of sp³-hybridized carbons (Fsp3) is 0.379. The predicted octanol–water partition coefficient (Wildman–Crippen LogP) is 2.91. The molecule has 2 aromatic carbocycles. The minimum absolute atomic E-state index is 0.0262. The number of aliphatic hydroxyl groups excluding tert-OH is 2. The Kier molecular flexibility index (Phi) is 10.2. The monoisotopic (exact) mass is 540 g/mol. The molecule has 3 aromatic rings. The van der Waals surface area contributed by atoms with Gasteiger partial charge in [-0.05, 0) is 42.5 Å². The summed E-state index contributed by atoms with van der Waals surface area (Å²) in [6, 6.07) is 16.1. The van der Waals surface area contributed by atoms with Crippen molar-refractivity contribution in [3.8, 4) is 5.75 Å². The number of rotatable bonds is 12. The summed E-state index contributed by atoms with van der Waals surface area (Å²) in [5, 5.41) is 21.7. The lowest BCUT2D eigenvalue weighted by Crippen LogP contribution is -2.34. The molecule has 1 aliphatic heterocycles. The van der Waals surface area contributed by atoms with Crippen molar-refractivity contribution in [3.63, 3.8) is 0 Å². The van der Waals surface area contributed by atoms with Crippen molar-refractivity contribution in [1.82, 2.24) is 9.88 Å². The van der Waals surface area contributed by atoms with Gasteiger partial charge in [-0.25, -0.2) is 4.39 Å². The van der Waals surface area contributed by atoms with E-state index in [0.29, 0.717) is 18.6 Å². The number of pyridine rings is 1. The first-order valence-electron chi connectivity index (χ1n) is 13.0. The van der Waals surface area contributed by atoms with Gasteiger partial charge in [0.2, 0.25) is 5.43 Å². The molecule has 3 N–H and O–H groups in total. The number of nitrogens with zero attached hydrogens (tertiary/aromatic N) is 1. The summed E-state index contributed by atoms with van der Waals surface area (Å²) in [6.07, 6.45) is 0.774. The van der Waals surface area contributed by atoms with Crippen molar-refractivity contribution in [1.29, 1.82) is 0 Å². The van der Waals surface area contributed by atoms with E-state index in [-0.39, 0.29) is 50.0 Å². The average Bonchev–Trinajstić information content (AvgIpc) is 2.96. The molecule has 1 amide bonds. The van der Waals surface area contributed by atoms with Gasteiger partial charge in [-0.2, -0.15) is 0 Å². The zero-order valence-corrected chi connectivity index (χ0v) is 21.6. The molecule has 1 saturated heterocycles. The third-order valence-corrected chi connectivity index (χ3v) is 6.33. The Morgan fingerprint density at radius 2 is 1.87 bits per heavy atom. The Morgan fingerprint density at radius 3 is 2.54 bits per heavy atom. The maximum atomic E-state index is 13.9. The molecule has 208 valence electrons. The van der Waals surface area contributed by atoms with Crippen LogP contribution in [0, 0.1) is 5.82 Å². The highest BCUT2D eigenvalue weighted by molar-refractivity contribution is 5.92. The summed E-state index contributed by atoms with van der Waals surface area (Å²) < 4.78 is 33.7. The molecule has 10 heteroatoms. The van der Waals surface area contributed by atoms with Crippen LogP contribution in [0.1, 0.15) is 52.7 Å². The van der Waals surface area contributed by atoms with Gasteiger partial charge in [0, 0.05) is 25.8 Å². The lowest BCUT2D eigenvalue weighted by molar-refractivity contribution is -0.183. The number of hydrogen-bond acceptors (Lipinski definition) is 7. The number of amides is 1. The van der Waals surface area contributed by atoms with Crippen LogP contribution in [-0.4, -0.2) is 53.3 Å². The van der Waals surface area contributed by atoms with Gasteiger partial charge in [0.05, 0.1) is 18.9 Å². The Hall–Kier alpha value is -3.57. The molecule has 1 aliphatic rings. The molecule has 9 nitrogen and oxygen atoms in total. The number of nitrogens with one attached hydrogen (secondary N) is 1. The van der Waals surface area contributed by atoms with Gasteiger partial charge >= 0.3 is 0 Å². The van der Waals surface area contributed by atoms with Crippen LogP contribution in [0.25, 0.3) is 0 Å². The zero-order valence-electron chi connectivity index (χ0n) is 21.6. The fourth-order valence-electron chi connectivity index (χ4n) is 4.48. The quantitative estimate of drug-likeness (QED) is 0.323. The van der Waals surface area contributed by atoms with E-state index in [1.54, 1.807) is 0 Å². The Labute approximate surface area is 225 Å². The van der Waals surface area contributed by atoms with Gasteiger partial charge in [-0.1, -0.05) is 42.5 Å². The van der Waals surface area contributed by atoms with Crippen LogP contribution in [0.5, 0.6) is 5.75 Å². The second-order valence-corrected chi connectivity index (χ2v) is 9.10. The van der Waals surface area contributed by atoms with Crippen LogP contribution in [0.2, 0.25) is 0 Å². The lowest BCUT2D eigenvalue weighted by Gasteiger charge is -2.31. The summed E-state index contributed by atoms with van der Waals surface area (Å²) >= 11 is 0. The van der Waals surface area contributed by atoms with Gasteiger partial charge in [-0.15, -0.1) is 0 Å². The Bertz CT molecular complexity index is 1280. The highest BCUT2D eigenvalue weighted by Gasteiger charge is 2.31. The topological polar surface area (TPSA) is 119 Å². The van der Waals surface area contributed by atoms with Crippen LogP contribution in [0.4, 0.5) is 4.39 Å². The third-order valence-electron chi connectivity index (χ3n) is 6.33. The summed E-state index contributed by atoms with van der Waals surface area (Å²) in [7, 11) is 0. The normalized spacial score (nSPS) is 16.0. The Balaban J connectivity index is 1.89. The van der Waals surface area contributed by atoms with Crippen molar-refractivity contribution in [2.45, 2.75) is 44.8 Å². The minimum atomic E-state index is -0.996. The second kappa shape index (κ2) is 14.0. The first kappa shape index (κ1) is 28.4. The van der Waals surface area contributed by atoms with Gasteiger partial charge in [0.1, 0.15) is 24.2 Å². The molecule has 4 rings (SSSR count). The smallest absolute Gasteiger partial charge is 0.268 e. The highest BCUT2D eigenvalue weighted by atomic mass is 19.1. The van der Waals surface area contributed by atoms with Crippen molar-refractivity contribution in [2.24, 2.45) is 0 Å². The molecule has 1 fully saturated rings. The van der Waals surface area contributed by atoms with Crippen LogP contribution in [0.15, 0.2) is 65.5 Å². The highest BCUT2D eigenvalue weighted by Crippen LogP contribution is 2.35. The molecule has 0 saturated carbocycles. The van der Waals surface area contributed by atoms with E-state index in [9.17, 15) is 24.2 Å². The number of carbonyl (C=O) groups excluding carboxylic acids is 1. The first-order valence-corrected chi connectivity index (χ1v) is 13.0. The maximum Gasteiger partial charge on any atom is 0.268 e. The molecule has 39 heavy (non-hydrogen) atoms. The van der Waals surface area contributed by atoms with Crippen LogP contribution >= 0.6 is 0 Å². The number of aliphatic hydroxyl groups is 2. The average molecular weight is 541 g/mol. The molecule has 0 bridgehead atoms. The number of aromatic nitrogens is 1. The zero-order chi connectivity index (χ0) is 27.6. The molecule has 0 aliphatic carbocycles. The van der Waals surface area contributed by atoms with E-state index in [0.717, 1.165) is 24.5 Å². The molecule has 0 radical (unpaired) electrons. The van der Waals surface area contributed by atoms with Crippen LogP contribution in [0.3, 0.4) is 0 Å². The third kappa shape index (κ3) is 7.30. The number of benzene rings is 2. The molecule has 2 heterocycles. The molecule has 0 spiro atoms. The summed E-state index contributed by atoms with van der Waals surface area (Å²) in [5.74, 6) is -1.12. The van der Waals surface area contributed by atoms with Crippen LogP contribution in [-0.2, 0) is 22.6 Å². The standard InChI is InChI=1S/C29H33FN2O7/c30-22-11-9-21(10-12-22)27(39-25-8-4-5-17-37-25)26-28(38-19-20-6-2-1-3-7-20)24(35)18-23(32(26)14-16-34)29(36)31-13-15-33/h1-3,6-7,9-12,18,25,27,33-34H,4-5,8,13-17,19H2,(H,31,36). The second-order valence-electron chi connectivity index (χ2n) is 9.10. The van der Waals surface area contributed by atoms with Crippen molar-refractivity contribution < 1.29 is 33.6 Å². The number of carbonyl (C=O) groups is 1. The maximum absolute atomic E-state index is 13.9. The SMILES string of the molecule is O=C(NCCO)c1cc(=O)c(OCc2ccccc2)c(C(OC2CCCCO2)c2ccc(F)cc2)n1CCO. The van der Waals surface area contributed by atoms with Gasteiger partial charge < -0.3 is 34.3 Å². The van der Waals surface area contributed by atoms with E-state index >= 15 is 0 Å². The molecule has 2 atom stereocenters. The summed E-state index contributed by atoms with van der Waals surface area (Å²) in [5.41, 5.74) is 0.919. The first-order chi connectivity index (χ1) is 19.0. The minimum Gasteiger partial charge on any atom is -0.483 e. The predicted molar refractivity (Wildman–Crippen MR) is 141 cm³/mol. The number of halogens is 1. The van der Waals surface area contributed by atoms with Crippen LogP contribution < -0.4 is 15.5 Å². The molecule has 2 unspecified atom stereocenters. The van der Waals surface area contributed by atoms with E-state index in [4.69, 9.17) is 14.2 Å². The lowest BCUT2D eigenvalue weighted by atomic mass is 10.0. The van der Waals surface area contributed by atoms with Crippen molar-refractivity contribution >= 4 is 5.91 Å². The van der Waals surface area contributed by atoms with Gasteiger partial charge in [0.25, 0.3) is 5.91 Å². The van der Waals surface area contributed by atoms with E-state index in [1.165, 1.54) is 28.8 Å².